The van der Waals surface area contributed by atoms with Crippen molar-refractivity contribution in [2.45, 2.75) is 0 Å². The first-order valence-corrected chi connectivity index (χ1v) is 12.7. The first-order chi connectivity index (χ1) is 16.7. The third kappa shape index (κ3) is 3.14. The van der Waals surface area contributed by atoms with E-state index in [9.17, 15) is 0 Å². The lowest BCUT2D eigenvalue weighted by Gasteiger charge is -2.25. The van der Waals surface area contributed by atoms with Gasteiger partial charge < -0.3 is 9.32 Å². The van der Waals surface area contributed by atoms with Gasteiger partial charge in [0.1, 0.15) is 11.2 Å². The summed E-state index contributed by atoms with van der Waals surface area (Å²) < 4.78 is 9.75. The summed E-state index contributed by atoms with van der Waals surface area (Å²) in [5.41, 5.74) is 5.15. The standard InChI is InChI=1S/C30H18BrNOS/c31-19-10-13-23-26-17-21(12-15-27(26)33-28(23)16-19)32(20-6-2-1-3-7-20)22-11-14-25-24-8-4-5-9-29(24)34-30(25)18-22/h1-18H. The molecule has 0 atom stereocenters. The lowest BCUT2D eigenvalue weighted by molar-refractivity contribution is 0.668. The number of hydrogen-bond acceptors (Lipinski definition) is 3. The van der Waals surface area contributed by atoms with Crippen molar-refractivity contribution in [3.63, 3.8) is 0 Å². The average molecular weight is 520 g/mol. The van der Waals surface area contributed by atoms with Crippen molar-refractivity contribution in [1.82, 2.24) is 0 Å². The molecule has 0 aliphatic rings. The zero-order valence-electron chi connectivity index (χ0n) is 18.0. The maximum absolute atomic E-state index is 6.12. The number of hydrogen-bond donors (Lipinski definition) is 0. The molecule has 0 aliphatic carbocycles. The molecule has 5 aromatic carbocycles. The zero-order valence-corrected chi connectivity index (χ0v) is 20.4. The van der Waals surface area contributed by atoms with Gasteiger partial charge >= 0.3 is 0 Å². The maximum Gasteiger partial charge on any atom is 0.136 e. The Labute approximate surface area is 208 Å². The Hall–Kier alpha value is -3.60. The molecule has 4 heteroatoms. The first kappa shape index (κ1) is 19.8. The highest BCUT2D eigenvalue weighted by atomic mass is 79.9. The molecule has 0 aliphatic heterocycles. The minimum Gasteiger partial charge on any atom is -0.456 e. The molecule has 0 saturated heterocycles. The smallest absolute Gasteiger partial charge is 0.136 e. The van der Waals surface area contributed by atoms with Gasteiger partial charge in [0.2, 0.25) is 0 Å². The third-order valence-electron chi connectivity index (χ3n) is 6.31. The van der Waals surface area contributed by atoms with Crippen LogP contribution in [0, 0.1) is 0 Å². The summed E-state index contributed by atoms with van der Waals surface area (Å²) in [6.07, 6.45) is 0. The number of nitrogens with zero attached hydrogens (tertiary/aromatic N) is 1. The number of para-hydroxylation sites is 1. The van der Waals surface area contributed by atoms with Crippen molar-refractivity contribution in [3.8, 4) is 0 Å². The van der Waals surface area contributed by atoms with Gasteiger partial charge in [-0.25, -0.2) is 0 Å². The van der Waals surface area contributed by atoms with Crippen LogP contribution < -0.4 is 4.90 Å². The zero-order chi connectivity index (χ0) is 22.6. The fourth-order valence-electron chi connectivity index (χ4n) is 4.76. The van der Waals surface area contributed by atoms with Crippen LogP contribution in [-0.4, -0.2) is 0 Å². The van der Waals surface area contributed by atoms with E-state index < -0.39 is 0 Å². The van der Waals surface area contributed by atoms with Gasteiger partial charge in [-0.3, -0.25) is 0 Å². The van der Waals surface area contributed by atoms with E-state index in [0.717, 1.165) is 43.5 Å². The second kappa shape index (κ2) is 7.73. The molecule has 2 heterocycles. The Kier molecular flexibility index (Phi) is 4.51. The van der Waals surface area contributed by atoms with Crippen LogP contribution in [0.5, 0.6) is 0 Å². The molecule has 0 unspecified atom stereocenters. The molecule has 0 amide bonds. The first-order valence-electron chi connectivity index (χ1n) is 11.1. The van der Waals surface area contributed by atoms with Gasteiger partial charge in [-0.1, -0.05) is 58.4 Å². The van der Waals surface area contributed by atoms with E-state index in [2.05, 4.69) is 124 Å². The summed E-state index contributed by atoms with van der Waals surface area (Å²) in [7, 11) is 0. The molecular formula is C30H18BrNOS. The summed E-state index contributed by atoms with van der Waals surface area (Å²) in [5.74, 6) is 0. The molecule has 7 aromatic rings. The van der Waals surface area contributed by atoms with Crippen molar-refractivity contribution < 1.29 is 4.42 Å². The Bertz CT molecular complexity index is 1830. The fourth-order valence-corrected chi connectivity index (χ4v) is 6.24. The van der Waals surface area contributed by atoms with E-state index >= 15 is 0 Å². The molecule has 7 rings (SSSR count). The molecule has 0 bridgehead atoms. The van der Waals surface area contributed by atoms with Crippen molar-refractivity contribution in [2.75, 3.05) is 4.90 Å². The average Bonchev–Trinajstić information content (AvgIpc) is 3.42. The molecule has 0 fully saturated rings. The molecular weight excluding hydrogens is 502 g/mol. The molecule has 0 saturated carbocycles. The van der Waals surface area contributed by atoms with Gasteiger partial charge in [-0.15, -0.1) is 11.3 Å². The normalized spacial score (nSPS) is 11.7. The third-order valence-corrected chi connectivity index (χ3v) is 7.94. The quantitative estimate of drug-likeness (QED) is 0.230. The predicted molar refractivity (Wildman–Crippen MR) is 149 cm³/mol. The van der Waals surface area contributed by atoms with Crippen molar-refractivity contribution in [1.29, 1.82) is 0 Å². The summed E-state index contributed by atoms with van der Waals surface area (Å²) >= 11 is 5.40. The van der Waals surface area contributed by atoms with Crippen molar-refractivity contribution in [3.05, 3.63) is 114 Å². The van der Waals surface area contributed by atoms with Gasteiger partial charge in [-0.05, 0) is 66.7 Å². The van der Waals surface area contributed by atoms with Crippen molar-refractivity contribution in [2.24, 2.45) is 0 Å². The van der Waals surface area contributed by atoms with E-state index in [1.54, 1.807) is 0 Å². The summed E-state index contributed by atoms with van der Waals surface area (Å²) in [6, 6.07) is 38.6. The fraction of sp³-hybridized carbons (Fsp3) is 0. The monoisotopic (exact) mass is 519 g/mol. The number of rotatable bonds is 3. The van der Waals surface area contributed by atoms with Gasteiger partial charge in [0.05, 0.1) is 0 Å². The molecule has 162 valence electrons. The van der Waals surface area contributed by atoms with Crippen LogP contribution in [0.2, 0.25) is 0 Å². The second-order valence-corrected chi connectivity index (χ2v) is 10.4. The number of benzene rings is 5. The molecule has 0 N–H and O–H groups in total. The predicted octanol–water partition coefficient (Wildman–Crippen LogP) is 10.2. The minimum atomic E-state index is 0.888. The van der Waals surface area contributed by atoms with Gasteiger partial charge in [0.15, 0.2) is 0 Å². The van der Waals surface area contributed by atoms with Gasteiger partial charge in [-0.2, -0.15) is 0 Å². The minimum absolute atomic E-state index is 0.888. The Balaban J connectivity index is 1.45. The van der Waals surface area contributed by atoms with Crippen LogP contribution in [0.1, 0.15) is 0 Å². The highest BCUT2D eigenvalue weighted by molar-refractivity contribution is 9.10. The maximum atomic E-state index is 6.12. The molecule has 2 aromatic heterocycles. The Morgan fingerprint density at radius 2 is 1.26 bits per heavy atom. The van der Waals surface area contributed by atoms with E-state index in [4.69, 9.17) is 4.42 Å². The van der Waals surface area contributed by atoms with E-state index in [-0.39, 0.29) is 0 Å². The summed E-state index contributed by atoms with van der Waals surface area (Å²) in [4.78, 5) is 2.32. The van der Waals surface area contributed by atoms with Crippen LogP contribution in [0.3, 0.4) is 0 Å². The Morgan fingerprint density at radius 1 is 0.529 bits per heavy atom. The highest BCUT2D eigenvalue weighted by Crippen LogP contribution is 2.42. The van der Waals surface area contributed by atoms with Crippen LogP contribution >= 0.6 is 27.3 Å². The largest absolute Gasteiger partial charge is 0.456 e. The lowest BCUT2D eigenvalue weighted by Crippen LogP contribution is -2.09. The highest BCUT2D eigenvalue weighted by Gasteiger charge is 2.16. The SMILES string of the molecule is Brc1ccc2c(c1)oc1ccc(N(c3ccccc3)c3ccc4c(c3)sc3ccccc34)cc12. The topological polar surface area (TPSA) is 16.4 Å². The van der Waals surface area contributed by atoms with Crippen LogP contribution in [0.4, 0.5) is 17.1 Å². The molecule has 2 nitrogen and oxygen atoms in total. The molecule has 0 radical (unpaired) electrons. The van der Waals surface area contributed by atoms with Crippen molar-refractivity contribution >= 4 is 86.4 Å². The Morgan fingerprint density at radius 3 is 2.18 bits per heavy atom. The second-order valence-electron chi connectivity index (χ2n) is 8.37. The van der Waals surface area contributed by atoms with Gasteiger partial charge in [0.25, 0.3) is 0 Å². The van der Waals surface area contributed by atoms with Crippen LogP contribution in [0.25, 0.3) is 42.1 Å². The molecule has 0 spiro atoms. The number of fused-ring (bicyclic) bond motifs is 6. The number of thiophene rings is 1. The van der Waals surface area contributed by atoms with E-state index in [0.29, 0.717) is 0 Å². The van der Waals surface area contributed by atoms with Crippen LogP contribution in [0.15, 0.2) is 118 Å². The van der Waals surface area contributed by atoms with Crippen LogP contribution in [-0.2, 0) is 0 Å². The van der Waals surface area contributed by atoms with E-state index in [1.165, 1.54) is 20.2 Å². The number of halogens is 1. The summed E-state index contributed by atoms with van der Waals surface area (Å²) in [5, 5.41) is 4.86. The summed E-state index contributed by atoms with van der Waals surface area (Å²) in [6.45, 7) is 0. The van der Waals surface area contributed by atoms with Gasteiger partial charge in [0, 0.05) is 52.5 Å². The number of furan rings is 1. The number of anilines is 3. The van der Waals surface area contributed by atoms with E-state index in [1.807, 2.05) is 17.4 Å². The lowest BCUT2D eigenvalue weighted by atomic mass is 10.1. The molecule has 34 heavy (non-hydrogen) atoms.